The molecule has 0 aliphatic rings. The standard InChI is InChI=1S/C13H18Cl2N2O4S/c1-21-8-6-16-13(18)5-7-17(22(2,19)20)12-4-3-10(14)9-11(12)15/h3-4,9H,5-8H2,1-2H3,(H,16,18). The molecule has 1 amide bonds. The van der Waals surface area contributed by atoms with Gasteiger partial charge in [-0.3, -0.25) is 9.10 Å². The summed E-state index contributed by atoms with van der Waals surface area (Å²) in [6, 6.07) is 4.50. The van der Waals surface area contributed by atoms with Gasteiger partial charge in [0.25, 0.3) is 0 Å². The van der Waals surface area contributed by atoms with Crippen LogP contribution >= 0.6 is 23.2 Å². The maximum Gasteiger partial charge on any atom is 0.232 e. The Morgan fingerprint density at radius 3 is 2.59 bits per heavy atom. The second-order valence-electron chi connectivity index (χ2n) is 4.52. The number of anilines is 1. The molecule has 1 aromatic carbocycles. The quantitative estimate of drug-likeness (QED) is 0.711. The molecule has 22 heavy (non-hydrogen) atoms. The number of hydrogen-bond acceptors (Lipinski definition) is 4. The van der Waals surface area contributed by atoms with Gasteiger partial charge >= 0.3 is 0 Å². The summed E-state index contributed by atoms with van der Waals surface area (Å²) in [5.74, 6) is -0.268. The SMILES string of the molecule is COCCNC(=O)CCN(c1ccc(Cl)cc1Cl)S(C)(=O)=O. The summed E-state index contributed by atoms with van der Waals surface area (Å²) in [4.78, 5) is 11.7. The molecule has 0 spiro atoms. The lowest BCUT2D eigenvalue weighted by Crippen LogP contribution is -2.35. The van der Waals surface area contributed by atoms with Crippen molar-refractivity contribution in [3.63, 3.8) is 0 Å². The zero-order valence-electron chi connectivity index (χ0n) is 12.3. The third-order valence-electron chi connectivity index (χ3n) is 2.75. The second-order valence-corrected chi connectivity index (χ2v) is 7.27. The van der Waals surface area contributed by atoms with Crippen LogP contribution < -0.4 is 9.62 Å². The van der Waals surface area contributed by atoms with E-state index in [1.54, 1.807) is 6.07 Å². The molecule has 0 aliphatic heterocycles. The van der Waals surface area contributed by atoms with Gasteiger partial charge in [0.15, 0.2) is 0 Å². The van der Waals surface area contributed by atoms with Gasteiger partial charge in [0, 0.05) is 31.6 Å². The van der Waals surface area contributed by atoms with Crippen LogP contribution in [0.4, 0.5) is 5.69 Å². The monoisotopic (exact) mass is 368 g/mol. The Balaban J connectivity index is 2.81. The highest BCUT2D eigenvalue weighted by Crippen LogP contribution is 2.30. The van der Waals surface area contributed by atoms with E-state index in [0.29, 0.717) is 23.9 Å². The summed E-state index contributed by atoms with van der Waals surface area (Å²) in [6.07, 6.45) is 1.07. The van der Waals surface area contributed by atoms with Crippen molar-refractivity contribution in [2.75, 3.05) is 37.4 Å². The summed E-state index contributed by atoms with van der Waals surface area (Å²) < 4.78 is 29.8. The van der Waals surface area contributed by atoms with Crippen molar-refractivity contribution in [3.8, 4) is 0 Å². The minimum absolute atomic E-state index is 0.00966. The average Bonchev–Trinajstić information content (AvgIpc) is 2.40. The van der Waals surface area contributed by atoms with Crippen LogP contribution in [0, 0.1) is 0 Å². The Labute approximate surface area is 140 Å². The molecule has 1 aromatic rings. The smallest absolute Gasteiger partial charge is 0.232 e. The van der Waals surface area contributed by atoms with Crippen LogP contribution in [0.5, 0.6) is 0 Å². The predicted molar refractivity (Wildman–Crippen MR) is 88.2 cm³/mol. The van der Waals surface area contributed by atoms with Crippen LogP contribution in [-0.2, 0) is 19.6 Å². The van der Waals surface area contributed by atoms with Crippen molar-refractivity contribution in [1.82, 2.24) is 5.32 Å². The van der Waals surface area contributed by atoms with Crippen molar-refractivity contribution in [2.45, 2.75) is 6.42 Å². The first-order chi connectivity index (χ1) is 10.3. The summed E-state index contributed by atoms with van der Waals surface area (Å²) >= 11 is 11.8. The van der Waals surface area contributed by atoms with E-state index in [9.17, 15) is 13.2 Å². The van der Waals surface area contributed by atoms with Crippen LogP contribution in [0.2, 0.25) is 10.0 Å². The van der Waals surface area contributed by atoms with Gasteiger partial charge in [-0.05, 0) is 18.2 Å². The third-order valence-corrected chi connectivity index (χ3v) is 4.47. The number of ether oxygens (including phenoxy) is 1. The Hall–Kier alpha value is -1.02. The number of halogens is 2. The molecule has 9 heteroatoms. The van der Waals surface area contributed by atoms with Crippen LogP contribution in [0.25, 0.3) is 0 Å². The largest absolute Gasteiger partial charge is 0.383 e. The molecule has 0 aromatic heterocycles. The molecular weight excluding hydrogens is 351 g/mol. The lowest BCUT2D eigenvalue weighted by atomic mass is 10.3. The van der Waals surface area contributed by atoms with Gasteiger partial charge in [-0.15, -0.1) is 0 Å². The molecule has 0 aliphatic carbocycles. The first-order valence-corrected chi connectivity index (χ1v) is 9.04. The molecule has 0 atom stereocenters. The molecule has 0 saturated carbocycles. The fourth-order valence-corrected chi connectivity index (χ4v) is 3.23. The van der Waals surface area contributed by atoms with E-state index in [1.165, 1.54) is 19.2 Å². The zero-order chi connectivity index (χ0) is 16.8. The van der Waals surface area contributed by atoms with Gasteiger partial charge in [-0.25, -0.2) is 8.42 Å². The summed E-state index contributed by atoms with van der Waals surface area (Å²) in [5, 5.41) is 3.23. The molecule has 1 N–H and O–H groups in total. The Bertz CT molecular complexity index is 622. The van der Waals surface area contributed by atoms with Gasteiger partial charge in [-0.2, -0.15) is 0 Å². The predicted octanol–water partition coefficient (Wildman–Crippen LogP) is 1.91. The topological polar surface area (TPSA) is 75.7 Å². The first kappa shape index (κ1) is 19.0. The van der Waals surface area contributed by atoms with E-state index >= 15 is 0 Å². The average molecular weight is 369 g/mol. The minimum Gasteiger partial charge on any atom is -0.383 e. The summed E-state index contributed by atoms with van der Waals surface area (Å²) in [7, 11) is -2.05. The minimum atomic E-state index is -3.57. The molecular formula is C13H18Cl2N2O4S. The fraction of sp³-hybridized carbons (Fsp3) is 0.462. The van der Waals surface area contributed by atoms with Crippen molar-refractivity contribution >= 4 is 44.8 Å². The summed E-state index contributed by atoms with van der Waals surface area (Å²) in [5.41, 5.74) is 0.290. The fourth-order valence-electron chi connectivity index (χ4n) is 1.73. The number of nitrogens with zero attached hydrogens (tertiary/aromatic N) is 1. The number of sulfonamides is 1. The highest BCUT2D eigenvalue weighted by Gasteiger charge is 2.21. The van der Waals surface area contributed by atoms with Gasteiger partial charge < -0.3 is 10.1 Å². The van der Waals surface area contributed by atoms with Crippen molar-refractivity contribution in [2.24, 2.45) is 0 Å². The number of rotatable bonds is 8. The highest BCUT2D eigenvalue weighted by atomic mass is 35.5. The lowest BCUT2D eigenvalue weighted by Gasteiger charge is -2.23. The number of benzene rings is 1. The van der Waals surface area contributed by atoms with Gasteiger partial charge in [-0.1, -0.05) is 23.2 Å². The number of nitrogens with one attached hydrogen (secondary N) is 1. The number of carbonyl (C=O) groups excluding carboxylic acids is 1. The molecule has 0 heterocycles. The van der Waals surface area contributed by atoms with E-state index in [0.717, 1.165) is 10.6 Å². The molecule has 0 unspecified atom stereocenters. The third kappa shape index (κ3) is 6.00. The van der Waals surface area contributed by atoms with E-state index in [4.69, 9.17) is 27.9 Å². The maximum absolute atomic E-state index is 11.9. The number of hydrogen-bond donors (Lipinski definition) is 1. The van der Waals surface area contributed by atoms with Crippen LogP contribution in [0.1, 0.15) is 6.42 Å². The zero-order valence-corrected chi connectivity index (χ0v) is 14.6. The molecule has 0 radical (unpaired) electrons. The summed E-state index contributed by atoms with van der Waals surface area (Å²) in [6.45, 7) is 0.749. The highest BCUT2D eigenvalue weighted by molar-refractivity contribution is 7.92. The second kappa shape index (κ2) is 8.57. The van der Waals surface area contributed by atoms with Crippen LogP contribution in [0.3, 0.4) is 0 Å². The van der Waals surface area contributed by atoms with E-state index in [2.05, 4.69) is 5.32 Å². The normalized spacial score (nSPS) is 11.3. The number of methoxy groups -OCH3 is 1. The Kier molecular flexibility index (Phi) is 7.41. The number of amides is 1. The molecule has 6 nitrogen and oxygen atoms in total. The van der Waals surface area contributed by atoms with Crippen LogP contribution in [0.15, 0.2) is 18.2 Å². The van der Waals surface area contributed by atoms with E-state index < -0.39 is 10.0 Å². The molecule has 1 rings (SSSR count). The molecule has 0 fully saturated rings. The molecule has 124 valence electrons. The van der Waals surface area contributed by atoms with E-state index in [-0.39, 0.29) is 23.9 Å². The van der Waals surface area contributed by atoms with Gasteiger partial charge in [0.2, 0.25) is 15.9 Å². The first-order valence-electron chi connectivity index (χ1n) is 6.44. The Morgan fingerprint density at radius 2 is 2.05 bits per heavy atom. The molecule has 0 saturated heterocycles. The lowest BCUT2D eigenvalue weighted by molar-refractivity contribution is -0.121. The molecule has 0 bridgehead atoms. The maximum atomic E-state index is 11.9. The number of carbonyl (C=O) groups is 1. The van der Waals surface area contributed by atoms with Crippen molar-refractivity contribution in [1.29, 1.82) is 0 Å². The van der Waals surface area contributed by atoms with E-state index in [1.807, 2.05) is 0 Å². The van der Waals surface area contributed by atoms with Crippen molar-refractivity contribution in [3.05, 3.63) is 28.2 Å². The van der Waals surface area contributed by atoms with Gasteiger partial charge in [0.05, 0.1) is 23.6 Å². The van der Waals surface area contributed by atoms with Crippen molar-refractivity contribution < 1.29 is 17.9 Å². The Morgan fingerprint density at radius 1 is 1.36 bits per heavy atom. The van der Waals surface area contributed by atoms with Crippen LogP contribution in [-0.4, -0.2) is 47.4 Å². The van der Waals surface area contributed by atoms with Gasteiger partial charge in [0.1, 0.15) is 0 Å².